The fourth-order valence-electron chi connectivity index (χ4n) is 1.06. The van der Waals surface area contributed by atoms with E-state index in [0.29, 0.717) is 18.4 Å². The van der Waals surface area contributed by atoms with Crippen molar-refractivity contribution in [3.63, 3.8) is 0 Å². The highest BCUT2D eigenvalue weighted by atomic mass is 16.2. The number of likely N-dealkylation sites (N-methyl/N-ethyl adjacent to an activating group) is 1. The van der Waals surface area contributed by atoms with Gasteiger partial charge in [-0.2, -0.15) is 0 Å². The predicted octanol–water partition coefficient (Wildman–Crippen LogP) is 1.23. The smallest absolute Gasteiger partial charge is 0.243 e. The van der Waals surface area contributed by atoms with Crippen LogP contribution in [0.25, 0.3) is 0 Å². The number of aliphatic imine (C=N–C) groups is 1. The van der Waals surface area contributed by atoms with Crippen molar-refractivity contribution in [2.45, 2.75) is 33.7 Å². The number of rotatable bonds is 6. The van der Waals surface area contributed by atoms with Gasteiger partial charge in [-0.25, -0.2) is 4.99 Å². The molecule has 0 bridgehead atoms. The summed E-state index contributed by atoms with van der Waals surface area (Å²) in [5, 5.41) is 6.46. The molecule has 110 valence electrons. The van der Waals surface area contributed by atoms with Gasteiger partial charge in [-0.15, -0.1) is 0 Å². The van der Waals surface area contributed by atoms with E-state index in [2.05, 4.69) is 43.0 Å². The van der Waals surface area contributed by atoms with Crippen molar-refractivity contribution < 1.29 is 4.79 Å². The van der Waals surface area contributed by atoms with Gasteiger partial charge in [-0.05, 0) is 19.8 Å². The minimum Gasteiger partial charge on any atom is -0.354 e. The number of nitrogens with zero attached hydrogens (tertiary/aromatic N) is 2. The predicted molar refractivity (Wildman–Crippen MR) is 81.2 cm³/mol. The van der Waals surface area contributed by atoms with E-state index in [-0.39, 0.29) is 18.5 Å². The van der Waals surface area contributed by atoms with E-state index < -0.39 is 0 Å². The summed E-state index contributed by atoms with van der Waals surface area (Å²) >= 11 is 0. The molecule has 0 aromatic heterocycles. The zero-order chi connectivity index (χ0) is 15.0. The summed E-state index contributed by atoms with van der Waals surface area (Å²) in [5.41, 5.74) is 1.02. The lowest BCUT2D eigenvalue weighted by molar-refractivity contribution is -0.127. The number of guanidine groups is 1. The molecule has 0 aliphatic heterocycles. The highest BCUT2D eigenvalue weighted by Gasteiger charge is 2.10. The molecule has 0 heterocycles. The van der Waals surface area contributed by atoms with Gasteiger partial charge in [0.15, 0.2) is 5.96 Å². The van der Waals surface area contributed by atoms with Crippen LogP contribution in [0.5, 0.6) is 0 Å². The van der Waals surface area contributed by atoms with Gasteiger partial charge in [-0.3, -0.25) is 4.79 Å². The van der Waals surface area contributed by atoms with Gasteiger partial charge in [0.1, 0.15) is 6.54 Å². The SMILES string of the molecule is C=C(C)CNC(=NCC(=O)N(C)C)NC(C)C(C)C. The van der Waals surface area contributed by atoms with E-state index in [4.69, 9.17) is 0 Å². The number of carbonyl (C=O) groups excluding carboxylic acids is 1. The van der Waals surface area contributed by atoms with Crippen molar-refractivity contribution in [1.82, 2.24) is 15.5 Å². The van der Waals surface area contributed by atoms with Crippen molar-refractivity contribution >= 4 is 11.9 Å². The average Bonchev–Trinajstić information content (AvgIpc) is 2.31. The van der Waals surface area contributed by atoms with Gasteiger partial charge in [0.2, 0.25) is 5.91 Å². The number of hydrogen-bond donors (Lipinski definition) is 2. The van der Waals surface area contributed by atoms with E-state index in [0.717, 1.165) is 5.57 Å². The van der Waals surface area contributed by atoms with Crippen LogP contribution in [0.2, 0.25) is 0 Å². The Hall–Kier alpha value is -1.52. The van der Waals surface area contributed by atoms with Crippen molar-refractivity contribution in [2.24, 2.45) is 10.9 Å². The zero-order valence-corrected chi connectivity index (χ0v) is 13.1. The molecular formula is C14H28N4O. The molecule has 0 aromatic rings. The molecule has 0 spiro atoms. The molecular weight excluding hydrogens is 240 g/mol. The third kappa shape index (κ3) is 8.24. The van der Waals surface area contributed by atoms with Crippen LogP contribution in [0.3, 0.4) is 0 Å². The maximum Gasteiger partial charge on any atom is 0.243 e. The van der Waals surface area contributed by atoms with Crippen molar-refractivity contribution in [3.8, 4) is 0 Å². The molecule has 1 amide bonds. The highest BCUT2D eigenvalue weighted by molar-refractivity contribution is 5.85. The summed E-state index contributed by atoms with van der Waals surface area (Å²) in [6.45, 7) is 12.9. The van der Waals surface area contributed by atoms with Crippen molar-refractivity contribution in [1.29, 1.82) is 0 Å². The second kappa shape index (κ2) is 8.56. The second-order valence-corrected chi connectivity index (χ2v) is 5.44. The third-order valence-electron chi connectivity index (χ3n) is 2.79. The Labute approximate surface area is 117 Å². The number of nitrogens with one attached hydrogen (secondary N) is 2. The summed E-state index contributed by atoms with van der Waals surface area (Å²) in [6, 6.07) is 0.283. The molecule has 19 heavy (non-hydrogen) atoms. The van der Waals surface area contributed by atoms with E-state index in [1.807, 2.05) is 6.92 Å². The second-order valence-electron chi connectivity index (χ2n) is 5.44. The summed E-state index contributed by atoms with van der Waals surface area (Å²) in [7, 11) is 3.45. The Morgan fingerprint density at radius 2 is 1.89 bits per heavy atom. The van der Waals surface area contributed by atoms with Gasteiger partial charge in [0, 0.05) is 26.7 Å². The van der Waals surface area contributed by atoms with Gasteiger partial charge < -0.3 is 15.5 Å². The molecule has 0 saturated heterocycles. The Morgan fingerprint density at radius 3 is 2.32 bits per heavy atom. The Balaban J connectivity index is 4.60. The molecule has 0 aliphatic carbocycles. The molecule has 0 fully saturated rings. The molecule has 5 nitrogen and oxygen atoms in total. The van der Waals surface area contributed by atoms with Crippen LogP contribution < -0.4 is 10.6 Å². The first-order valence-corrected chi connectivity index (χ1v) is 6.63. The Bertz CT molecular complexity index is 334. The maximum atomic E-state index is 11.6. The number of amides is 1. The van der Waals surface area contributed by atoms with Crippen LogP contribution in [0, 0.1) is 5.92 Å². The first kappa shape index (κ1) is 17.5. The first-order chi connectivity index (χ1) is 8.73. The van der Waals surface area contributed by atoms with Crippen LogP contribution in [0.4, 0.5) is 0 Å². The van der Waals surface area contributed by atoms with Crippen LogP contribution in [-0.2, 0) is 4.79 Å². The molecule has 2 N–H and O–H groups in total. The van der Waals surface area contributed by atoms with Crippen LogP contribution in [0.15, 0.2) is 17.1 Å². The quantitative estimate of drug-likeness (QED) is 0.433. The summed E-state index contributed by atoms with van der Waals surface area (Å²) in [5.74, 6) is 1.12. The molecule has 0 aliphatic rings. The van der Waals surface area contributed by atoms with Crippen molar-refractivity contribution in [2.75, 3.05) is 27.2 Å². The summed E-state index contributed by atoms with van der Waals surface area (Å²) in [6.07, 6.45) is 0. The minimum atomic E-state index is -0.0198. The Morgan fingerprint density at radius 1 is 1.32 bits per heavy atom. The highest BCUT2D eigenvalue weighted by Crippen LogP contribution is 1.99. The first-order valence-electron chi connectivity index (χ1n) is 6.63. The number of hydrogen-bond acceptors (Lipinski definition) is 2. The lowest BCUT2D eigenvalue weighted by atomic mass is 10.1. The van der Waals surface area contributed by atoms with E-state index >= 15 is 0 Å². The molecule has 0 saturated carbocycles. The van der Waals surface area contributed by atoms with Gasteiger partial charge in [0.05, 0.1) is 0 Å². The normalized spacial score (nSPS) is 13.1. The minimum absolute atomic E-state index is 0.0198. The lowest BCUT2D eigenvalue weighted by Gasteiger charge is -2.21. The fourth-order valence-corrected chi connectivity index (χ4v) is 1.06. The van der Waals surface area contributed by atoms with Crippen LogP contribution in [0.1, 0.15) is 27.7 Å². The van der Waals surface area contributed by atoms with E-state index in [9.17, 15) is 4.79 Å². The van der Waals surface area contributed by atoms with Gasteiger partial charge in [0.25, 0.3) is 0 Å². The van der Waals surface area contributed by atoms with Gasteiger partial charge in [-0.1, -0.05) is 26.0 Å². The third-order valence-corrected chi connectivity index (χ3v) is 2.79. The molecule has 0 aromatic carbocycles. The van der Waals surface area contributed by atoms with Crippen LogP contribution >= 0.6 is 0 Å². The topological polar surface area (TPSA) is 56.7 Å². The molecule has 1 unspecified atom stereocenters. The fraction of sp³-hybridized carbons (Fsp3) is 0.714. The molecule has 0 radical (unpaired) electrons. The number of carbonyl (C=O) groups is 1. The summed E-state index contributed by atoms with van der Waals surface area (Å²) in [4.78, 5) is 17.4. The standard InChI is InChI=1S/C14H28N4O/c1-10(2)8-15-14(17-12(5)11(3)4)16-9-13(19)18(6)7/h11-12H,1,8-9H2,2-7H3,(H2,15,16,17). The summed E-state index contributed by atoms with van der Waals surface area (Å²) < 4.78 is 0. The lowest BCUT2D eigenvalue weighted by Crippen LogP contribution is -2.45. The molecule has 1 atom stereocenters. The van der Waals surface area contributed by atoms with Crippen LogP contribution in [-0.4, -0.2) is 50.0 Å². The molecule has 0 rings (SSSR count). The van der Waals surface area contributed by atoms with E-state index in [1.165, 1.54) is 4.90 Å². The molecule has 5 heteroatoms. The maximum absolute atomic E-state index is 11.6. The van der Waals surface area contributed by atoms with Crippen molar-refractivity contribution in [3.05, 3.63) is 12.2 Å². The van der Waals surface area contributed by atoms with E-state index in [1.54, 1.807) is 14.1 Å². The largest absolute Gasteiger partial charge is 0.354 e. The monoisotopic (exact) mass is 268 g/mol. The Kier molecular flexibility index (Phi) is 7.87. The van der Waals surface area contributed by atoms with Gasteiger partial charge >= 0.3 is 0 Å². The zero-order valence-electron chi connectivity index (χ0n) is 13.1. The average molecular weight is 268 g/mol.